The first-order valence-electron chi connectivity index (χ1n) is 2.40. The average Bonchev–Trinajstić information content (AvgIpc) is 1.54. The van der Waals surface area contributed by atoms with Crippen molar-refractivity contribution < 1.29 is 32.2 Å². The Kier molecular flexibility index (Phi) is 6.45. The highest BCUT2D eigenvalue weighted by molar-refractivity contribution is 7.85. The lowest BCUT2D eigenvalue weighted by Gasteiger charge is -1.82. The van der Waals surface area contributed by atoms with Crippen LogP contribution in [0.2, 0.25) is 0 Å². The highest BCUT2D eigenvalue weighted by Crippen LogP contribution is 2.25. The lowest BCUT2D eigenvalue weighted by Crippen LogP contribution is -1.99. The number of rotatable bonds is 2. The molecule has 0 aromatic rings. The third-order valence-electron chi connectivity index (χ3n) is 0.328. The second-order valence-electron chi connectivity index (χ2n) is 1.55. The predicted molar refractivity (Wildman–Crippen MR) is 40.9 cm³/mol. The molecule has 7 nitrogen and oxygen atoms in total. The predicted octanol–water partition coefficient (Wildman–Crippen LogP) is -0.868. The van der Waals surface area contributed by atoms with E-state index in [0.29, 0.717) is 0 Å². The van der Waals surface area contributed by atoms with Gasteiger partial charge in [-0.3, -0.25) is 4.55 Å². The summed E-state index contributed by atoms with van der Waals surface area (Å²) in [5.41, 5.74) is 0. The Labute approximate surface area is 69.3 Å². The summed E-state index contributed by atoms with van der Waals surface area (Å²) < 4.78 is 36.2. The van der Waals surface area contributed by atoms with E-state index in [1.807, 2.05) is 0 Å². The molecule has 0 saturated heterocycles. The molecular formula is C3H9O7PS. The van der Waals surface area contributed by atoms with Gasteiger partial charge >= 0.3 is 7.82 Å². The van der Waals surface area contributed by atoms with E-state index in [1.54, 1.807) is 0 Å². The highest BCUT2D eigenvalue weighted by atomic mass is 32.2. The molecule has 4 N–H and O–H groups in total. The topological polar surface area (TPSA) is 132 Å². The van der Waals surface area contributed by atoms with Crippen LogP contribution in [0.15, 0.2) is 12.7 Å². The molecule has 12 heavy (non-hydrogen) atoms. The molecule has 0 spiro atoms. The smallest absolute Gasteiger partial charge is 0.303 e. The van der Waals surface area contributed by atoms with E-state index >= 15 is 0 Å². The van der Waals surface area contributed by atoms with Crippen LogP contribution in [0.3, 0.4) is 0 Å². The quantitative estimate of drug-likeness (QED) is 0.270. The zero-order valence-corrected chi connectivity index (χ0v) is 7.57. The molecule has 0 aliphatic heterocycles. The Morgan fingerprint density at radius 1 is 1.33 bits per heavy atom. The molecule has 0 aliphatic carbocycles. The van der Waals surface area contributed by atoms with E-state index in [9.17, 15) is 8.42 Å². The summed E-state index contributed by atoms with van der Waals surface area (Å²) in [7, 11) is -8.43. The van der Waals surface area contributed by atoms with Crippen LogP contribution in [0, 0.1) is 0 Å². The van der Waals surface area contributed by atoms with E-state index in [4.69, 9.17) is 23.8 Å². The summed E-state index contributed by atoms with van der Waals surface area (Å²) in [6, 6.07) is 0. The normalized spacial score (nSPS) is 11.3. The summed E-state index contributed by atoms with van der Waals surface area (Å²) in [6.45, 7) is 3.11. The molecule has 0 amide bonds. The summed E-state index contributed by atoms with van der Waals surface area (Å²) in [6.07, 6.45) is 1.12. The number of phosphoric acid groups is 1. The van der Waals surface area contributed by atoms with Gasteiger partial charge in [-0.15, -0.1) is 6.58 Å². The van der Waals surface area contributed by atoms with E-state index in [2.05, 4.69) is 6.58 Å². The fourth-order valence-corrected chi connectivity index (χ4v) is 0.447. The fraction of sp³-hybridized carbons (Fsp3) is 0.333. The van der Waals surface area contributed by atoms with Crippen LogP contribution in [0.1, 0.15) is 0 Å². The van der Waals surface area contributed by atoms with Crippen LogP contribution in [-0.2, 0) is 14.7 Å². The Morgan fingerprint density at radius 2 is 1.58 bits per heavy atom. The molecular weight excluding hydrogens is 211 g/mol. The molecule has 9 heteroatoms. The molecule has 0 aromatic heterocycles. The van der Waals surface area contributed by atoms with E-state index in [-0.39, 0.29) is 5.75 Å². The Balaban J connectivity index is 0. The van der Waals surface area contributed by atoms with Crippen molar-refractivity contribution in [1.29, 1.82) is 0 Å². The molecule has 74 valence electrons. The molecule has 0 fully saturated rings. The van der Waals surface area contributed by atoms with Gasteiger partial charge in [0.25, 0.3) is 10.1 Å². The van der Waals surface area contributed by atoms with Gasteiger partial charge in [-0.25, -0.2) is 4.57 Å². The molecule has 0 unspecified atom stereocenters. The van der Waals surface area contributed by atoms with Crippen molar-refractivity contribution in [2.24, 2.45) is 0 Å². The van der Waals surface area contributed by atoms with E-state index < -0.39 is 17.9 Å². The van der Waals surface area contributed by atoms with Crippen molar-refractivity contribution >= 4 is 17.9 Å². The van der Waals surface area contributed by atoms with Gasteiger partial charge in [0.05, 0.1) is 5.75 Å². The van der Waals surface area contributed by atoms with Crippen LogP contribution < -0.4 is 0 Å². The second-order valence-corrected chi connectivity index (χ2v) is 4.07. The second kappa shape index (κ2) is 5.41. The third-order valence-corrected chi connectivity index (χ3v) is 0.985. The maximum Gasteiger partial charge on any atom is 0.466 e. The van der Waals surface area contributed by atoms with Crippen molar-refractivity contribution in [2.45, 2.75) is 0 Å². The highest BCUT2D eigenvalue weighted by Gasteiger charge is 2.00. The van der Waals surface area contributed by atoms with Crippen molar-refractivity contribution in [3.05, 3.63) is 12.7 Å². The molecule has 0 radical (unpaired) electrons. The minimum absolute atomic E-state index is 0.368. The lowest BCUT2D eigenvalue weighted by molar-refractivity contribution is 0.275. The van der Waals surface area contributed by atoms with Gasteiger partial charge in [0, 0.05) is 0 Å². The summed E-state index contributed by atoms with van der Waals surface area (Å²) in [4.78, 5) is 21.6. The Morgan fingerprint density at radius 3 is 1.58 bits per heavy atom. The summed E-state index contributed by atoms with van der Waals surface area (Å²) in [5, 5.41) is 0. The van der Waals surface area contributed by atoms with E-state index in [0.717, 1.165) is 6.08 Å². The van der Waals surface area contributed by atoms with Crippen LogP contribution in [0.5, 0.6) is 0 Å². The minimum Gasteiger partial charge on any atom is -0.303 e. The SMILES string of the molecule is C=CCS(=O)(=O)O.O=P(O)(O)O. The zero-order chi connectivity index (χ0) is 10.4. The average molecular weight is 220 g/mol. The van der Waals surface area contributed by atoms with Gasteiger partial charge in [0.15, 0.2) is 0 Å². The Bertz CT molecular complexity index is 252. The summed E-state index contributed by atoms with van der Waals surface area (Å²) >= 11 is 0. The molecule has 0 saturated carbocycles. The van der Waals surface area contributed by atoms with Gasteiger partial charge in [0.1, 0.15) is 0 Å². The zero-order valence-electron chi connectivity index (χ0n) is 5.86. The van der Waals surface area contributed by atoms with Crippen molar-refractivity contribution in [3.8, 4) is 0 Å². The third kappa shape index (κ3) is 53.0. The van der Waals surface area contributed by atoms with Crippen LogP contribution >= 0.6 is 7.82 Å². The van der Waals surface area contributed by atoms with Crippen molar-refractivity contribution in [2.75, 3.05) is 5.75 Å². The molecule has 0 heterocycles. The van der Waals surface area contributed by atoms with Crippen molar-refractivity contribution in [1.82, 2.24) is 0 Å². The molecule has 0 aliphatic rings. The van der Waals surface area contributed by atoms with Crippen LogP contribution in [-0.4, -0.2) is 33.4 Å². The van der Waals surface area contributed by atoms with Gasteiger partial charge in [0.2, 0.25) is 0 Å². The molecule has 0 atom stereocenters. The first-order valence-corrected chi connectivity index (χ1v) is 5.58. The standard InChI is InChI=1S/C3H6O3S.H3O4P/c1-2-3-7(4,5)6;1-5(2,3)4/h2H,1,3H2,(H,4,5,6);(H3,1,2,3,4). The van der Waals surface area contributed by atoms with E-state index in [1.165, 1.54) is 0 Å². The maximum absolute atomic E-state index is 9.72. The number of hydrogen-bond acceptors (Lipinski definition) is 3. The Hall–Kier alpha value is -0.240. The molecule has 0 rings (SSSR count). The first-order chi connectivity index (χ1) is 5.06. The largest absolute Gasteiger partial charge is 0.466 e. The first kappa shape index (κ1) is 14.3. The van der Waals surface area contributed by atoms with Crippen molar-refractivity contribution in [3.63, 3.8) is 0 Å². The number of hydrogen-bond donors (Lipinski definition) is 4. The van der Waals surface area contributed by atoms with Gasteiger partial charge in [-0.2, -0.15) is 8.42 Å². The van der Waals surface area contributed by atoms with Gasteiger partial charge in [-0.05, 0) is 0 Å². The van der Waals surface area contributed by atoms with Gasteiger partial charge in [-0.1, -0.05) is 6.08 Å². The van der Waals surface area contributed by atoms with Crippen LogP contribution in [0.25, 0.3) is 0 Å². The fourth-order valence-electron chi connectivity index (χ4n) is 0.149. The molecule has 0 aromatic carbocycles. The lowest BCUT2D eigenvalue weighted by atomic mass is 10.8. The van der Waals surface area contributed by atoms with Gasteiger partial charge < -0.3 is 14.7 Å². The molecule has 0 bridgehead atoms. The monoisotopic (exact) mass is 220 g/mol. The summed E-state index contributed by atoms with van der Waals surface area (Å²) in [5.74, 6) is -0.368. The van der Waals surface area contributed by atoms with Crippen LogP contribution in [0.4, 0.5) is 0 Å². The minimum atomic E-state index is -4.64. The maximum atomic E-state index is 9.72.